The molecule has 0 fully saturated rings. The molecule has 0 atom stereocenters. The van der Waals surface area contributed by atoms with Crippen molar-refractivity contribution in [2.45, 2.75) is 0 Å². The molecular formula is C8H6F2INO. The summed E-state index contributed by atoms with van der Waals surface area (Å²) >= 11 is 1.83. The molecule has 13 heavy (non-hydrogen) atoms. The Morgan fingerprint density at radius 1 is 1.46 bits per heavy atom. The van der Waals surface area contributed by atoms with Crippen molar-refractivity contribution in [2.75, 3.05) is 9.74 Å². The molecule has 70 valence electrons. The van der Waals surface area contributed by atoms with Crippen molar-refractivity contribution in [3.63, 3.8) is 0 Å². The maximum absolute atomic E-state index is 12.9. The molecule has 0 spiro atoms. The minimum Gasteiger partial charge on any atom is -0.323 e. The van der Waals surface area contributed by atoms with E-state index in [4.69, 9.17) is 0 Å². The molecule has 0 saturated heterocycles. The van der Waals surface area contributed by atoms with Gasteiger partial charge >= 0.3 is 0 Å². The highest BCUT2D eigenvalue weighted by Crippen LogP contribution is 2.15. The van der Waals surface area contributed by atoms with E-state index in [2.05, 4.69) is 5.32 Å². The van der Waals surface area contributed by atoms with Gasteiger partial charge in [0.2, 0.25) is 5.91 Å². The van der Waals surface area contributed by atoms with Crippen LogP contribution in [-0.4, -0.2) is 10.3 Å². The zero-order valence-corrected chi connectivity index (χ0v) is 8.64. The molecule has 1 amide bonds. The zero-order valence-electron chi connectivity index (χ0n) is 6.48. The molecule has 1 N–H and O–H groups in total. The fourth-order valence-electron chi connectivity index (χ4n) is 0.777. The predicted molar refractivity (Wildman–Crippen MR) is 53.9 cm³/mol. The second-order valence-corrected chi connectivity index (χ2v) is 3.07. The Kier molecular flexibility index (Phi) is 3.58. The first-order valence-corrected chi connectivity index (χ1v) is 4.97. The third-order valence-electron chi connectivity index (χ3n) is 1.32. The highest BCUT2D eigenvalue weighted by Gasteiger charge is 2.06. The van der Waals surface area contributed by atoms with Crippen LogP contribution in [0.2, 0.25) is 0 Å². The second kappa shape index (κ2) is 4.50. The Hall–Kier alpha value is -0.720. The van der Waals surface area contributed by atoms with Gasteiger partial charge in [-0.2, -0.15) is 0 Å². The first kappa shape index (κ1) is 10.4. The number of amides is 1. The summed E-state index contributed by atoms with van der Waals surface area (Å²) in [5.74, 6) is -1.57. The quantitative estimate of drug-likeness (QED) is 0.659. The number of nitrogens with one attached hydrogen (secondary N) is 1. The summed E-state index contributed by atoms with van der Waals surface area (Å²) in [6.45, 7) is 0. The van der Waals surface area contributed by atoms with Crippen LogP contribution in [0, 0.1) is 11.6 Å². The van der Waals surface area contributed by atoms with Crippen LogP contribution >= 0.6 is 22.6 Å². The average Bonchev–Trinajstić information content (AvgIpc) is 2.11. The number of alkyl halides is 1. The third kappa shape index (κ3) is 2.91. The van der Waals surface area contributed by atoms with E-state index >= 15 is 0 Å². The first-order valence-electron chi connectivity index (χ1n) is 3.44. The summed E-state index contributed by atoms with van der Waals surface area (Å²) < 4.78 is 25.7. The van der Waals surface area contributed by atoms with E-state index in [1.807, 2.05) is 22.6 Å². The highest BCUT2D eigenvalue weighted by atomic mass is 127. The molecule has 0 heterocycles. The minimum atomic E-state index is -0.639. The van der Waals surface area contributed by atoms with E-state index in [1.54, 1.807) is 0 Å². The number of hydrogen-bond acceptors (Lipinski definition) is 1. The molecule has 2 nitrogen and oxygen atoms in total. The lowest BCUT2D eigenvalue weighted by molar-refractivity contribution is -0.113. The van der Waals surface area contributed by atoms with Gasteiger partial charge in [-0.25, -0.2) is 8.78 Å². The van der Waals surface area contributed by atoms with Crippen LogP contribution < -0.4 is 5.32 Å². The van der Waals surface area contributed by atoms with Crippen LogP contribution in [0.25, 0.3) is 0 Å². The summed E-state index contributed by atoms with van der Waals surface area (Å²) in [7, 11) is 0. The van der Waals surface area contributed by atoms with Crippen molar-refractivity contribution in [1.29, 1.82) is 0 Å². The van der Waals surface area contributed by atoms with E-state index in [-0.39, 0.29) is 16.0 Å². The number of carbonyl (C=O) groups excluding carboxylic acids is 1. The molecule has 0 saturated carbocycles. The monoisotopic (exact) mass is 297 g/mol. The summed E-state index contributed by atoms with van der Waals surface area (Å²) in [6.07, 6.45) is 0. The zero-order chi connectivity index (χ0) is 9.84. The third-order valence-corrected chi connectivity index (χ3v) is 2.02. The molecule has 5 heteroatoms. The summed E-state index contributed by atoms with van der Waals surface area (Å²) in [4.78, 5) is 10.8. The van der Waals surface area contributed by atoms with Crippen molar-refractivity contribution < 1.29 is 13.6 Å². The van der Waals surface area contributed by atoms with Gasteiger partial charge in [-0.05, 0) is 12.1 Å². The van der Waals surface area contributed by atoms with Gasteiger partial charge in [0.05, 0.1) is 10.1 Å². The Morgan fingerprint density at radius 3 is 2.77 bits per heavy atom. The summed E-state index contributed by atoms with van der Waals surface area (Å²) in [5.41, 5.74) is -0.123. The number of anilines is 1. The van der Waals surface area contributed by atoms with Crippen molar-refractivity contribution in [3.05, 3.63) is 29.8 Å². The standard InChI is InChI=1S/C8H6F2INO/c9-5-1-2-6(10)7(3-5)12-8(13)4-11/h1-3H,4H2,(H,12,13). The van der Waals surface area contributed by atoms with Crippen molar-refractivity contribution in [1.82, 2.24) is 0 Å². The Balaban J connectivity index is 2.87. The lowest BCUT2D eigenvalue weighted by Crippen LogP contribution is -2.13. The molecule has 0 unspecified atom stereocenters. The Morgan fingerprint density at radius 2 is 2.15 bits per heavy atom. The van der Waals surface area contributed by atoms with Crippen molar-refractivity contribution in [3.8, 4) is 0 Å². The Bertz CT molecular complexity index is 330. The van der Waals surface area contributed by atoms with Gasteiger partial charge in [-0.15, -0.1) is 0 Å². The van der Waals surface area contributed by atoms with Gasteiger partial charge in [0, 0.05) is 6.07 Å². The lowest BCUT2D eigenvalue weighted by atomic mass is 10.3. The summed E-state index contributed by atoms with van der Waals surface area (Å²) in [5, 5.41) is 2.24. The van der Waals surface area contributed by atoms with Crippen molar-refractivity contribution in [2.24, 2.45) is 0 Å². The molecule has 0 aliphatic rings. The molecule has 1 rings (SSSR count). The van der Waals surface area contributed by atoms with E-state index in [1.165, 1.54) is 0 Å². The van der Waals surface area contributed by atoms with E-state index < -0.39 is 11.6 Å². The minimum absolute atomic E-state index is 0.123. The SMILES string of the molecule is O=C(CI)Nc1cc(F)ccc1F. The van der Waals surface area contributed by atoms with Crippen LogP contribution in [0.1, 0.15) is 0 Å². The van der Waals surface area contributed by atoms with Crippen LogP contribution in [0.4, 0.5) is 14.5 Å². The second-order valence-electron chi connectivity index (χ2n) is 2.31. The van der Waals surface area contributed by atoms with Gasteiger partial charge in [0.25, 0.3) is 0 Å². The molecular weight excluding hydrogens is 291 g/mol. The van der Waals surface area contributed by atoms with E-state index in [9.17, 15) is 13.6 Å². The number of benzene rings is 1. The van der Waals surface area contributed by atoms with Gasteiger partial charge in [-0.3, -0.25) is 4.79 Å². The number of carbonyl (C=O) groups is 1. The van der Waals surface area contributed by atoms with Crippen LogP contribution in [-0.2, 0) is 4.79 Å². The maximum atomic E-state index is 12.9. The van der Waals surface area contributed by atoms with Gasteiger partial charge in [-0.1, -0.05) is 22.6 Å². The maximum Gasteiger partial charge on any atom is 0.234 e. The molecule has 0 aliphatic carbocycles. The van der Waals surface area contributed by atoms with Crippen LogP contribution in [0.5, 0.6) is 0 Å². The fourth-order valence-corrected chi connectivity index (χ4v) is 0.968. The van der Waals surface area contributed by atoms with Gasteiger partial charge in [0.15, 0.2) is 0 Å². The van der Waals surface area contributed by atoms with E-state index in [0.717, 1.165) is 18.2 Å². The first-order chi connectivity index (χ1) is 6.13. The van der Waals surface area contributed by atoms with Gasteiger partial charge in [0.1, 0.15) is 11.6 Å². The molecule has 1 aromatic rings. The summed E-state index contributed by atoms with van der Waals surface area (Å²) in [6, 6.07) is 2.91. The fraction of sp³-hybridized carbons (Fsp3) is 0.125. The van der Waals surface area contributed by atoms with E-state index in [0.29, 0.717) is 0 Å². The highest BCUT2D eigenvalue weighted by molar-refractivity contribution is 14.1. The molecule has 0 aliphatic heterocycles. The van der Waals surface area contributed by atoms with Crippen molar-refractivity contribution >= 4 is 34.2 Å². The smallest absolute Gasteiger partial charge is 0.234 e. The van der Waals surface area contributed by atoms with Gasteiger partial charge < -0.3 is 5.32 Å². The molecule has 1 aromatic carbocycles. The normalized spacial score (nSPS) is 9.77. The lowest BCUT2D eigenvalue weighted by Gasteiger charge is -2.03. The van der Waals surface area contributed by atoms with Crippen LogP contribution in [0.3, 0.4) is 0 Å². The largest absolute Gasteiger partial charge is 0.323 e. The Labute approximate surface area is 87.5 Å². The predicted octanol–water partition coefficient (Wildman–Crippen LogP) is 2.34. The topological polar surface area (TPSA) is 29.1 Å². The number of hydrogen-bond donors (Lipinski definition) is 1. The average molecular weight is 297 g/mol. The molecule has 0 radical (unpaired) electrons. The molecule has 0 bridgehead atoms. The number of halogens is 3. The number of rotatable bonds is 2. The molecule has 0 aromatic heterocycles. The van der Waals surface area contributed by atoms with Crippen LogP contribution in [0.15, 0.2) is 18.2 Å².